The van der Waals surface area contributed by atoms with Gasteiger partial charge in [-0.2, -0.15) is 0 Å². The average molecular weight is 238 g/mol. The van der Waals surface area contributed by atoms with E-state index >= 15 is 0 Å². The number of ether oxygens (including phenoxy) is 1. The maximum Gasteiger partial charge on any atom is 0.150 e. The fourth-order valence-electron chi connectivity index (χ4n) is 1.24. The second-order valence-electron chi connectivity index (χ2n) is 3.22. The Morgan fingerprint density at radius 3 is 2.53 bits per heavy atom. The zero-order chi connectivity index (χ0) is 11.6. The van der Waals surface area contributed by atoms with Crippen LogP contribution in [0.25, 0.3) is 0 Å². The molecule has 0 amide bonds. The Kier molecular flexibility index (Phi) is 3.88. The minimum atomic E-state index is -4.79. The topological polar surface area (TPSA) is 133 Å². The summed E-state index contributed by atoms with van der Waals surface area (Å²) < 4.78 is 15.3. The zero-order valence-electron chi connectivity index (χ0n) is 7.65. The summed E-state index contributed by atoms with van der Waals surface area (Å²) in [5.41, 5.74) is 0. The molecule has 15 heavy (non-hydrogen) atoms. The monoisotopic (exact) mass is 238 g/mol. The molecule has 0 aromatic heterocycles. The van der Waals surface area contributed by atoms with Gasteiger partial charge in [-0.3, -0.25) is 0 Å². The molecule has 0 radical (unpaired) electrons. The van der Waals surface area contributed by atoms with E-state index in [1.807, 2.05) is 0 Å². The number of aliphatic hydroxyl groups is 3. The molecule has 1 aliphatic heterocycles. The third-order valence-electron chi connectivity index (χ3n) is 1.92. The maximum absolute atomic E-state index is 10.4. The minimum Gasteiger partial charge on any atom is -0.810 e. The number of allylic oxidation sites excluding steroid dienone is 1. The Labute approximate surface area is 85.8 Å². The van der Waals surface area contributed by atoms with Crippen molar-refractivity contribution in [3.05, 3.63) is 11.8 Å². The van der Waals surface area contributed by atoms with Crippen LogP contribution in [0.2, 0.25) is 0 Å². The standard InChI is InChI=1S/C7H13O7P/c8-2-6-7(10)5(9)1-4(14-6)3-15(11,12)13/h1,5-10H,2-3H2,(H2,11,12,13)/p-2/t5-,6?,7-/m1/s1. The highest BCUT2D eigenvalue weighted by Crippen LogP contribution is 2.30. The van der Waals surface area contributed by atoms with Gasteiger partial charge in [0, 0.05) is 6.16 Å². The van der Waals surface area contributed by atoms with Crippen LogP contribution in [0, 0.1) is 0 Å². The summed E-state index contributed by atoms with van der Waals surface area (Å²) in [6.45, 7) is -0.586. The van der Waals surface area contributed by atoms with Gasteiger partial charge >= 0.3 is 0 Å². The van der Waals surface area contributed by atoms with Gasteiger partial charge in [-0.25, -0.2) is 0 Å². The fourth-order valence-corrected chi connectivity index (χ4v) is 1.80. The van der Waals surface area contributed by atoms with Gasteiger partial charge in [0.05, 0.1) is 6.61 Å². The van der Waals surface area contributed by atoms with Crippen LogP contribution in [0.3, 0.4) is 0 Å². The Hall–Kier alpha value is -0.430. The third-order valence-corrected chi connectivity index (χ3v) is 2.62. The van der Waals surface area contributed by atoms with Crippen LogP contribution in [0.5, 0.6) is 0 Å². The third kappa shape index (κ3) is 3.57. The second-order valence-corrected chi connectivity index (χ2v) is 4.76. The van der Waals surface area contributed by atoms with Gasteiger partial charge in [0.15, 0.2) is 0 Å². The van der Waals surface area contributed by atoms with Crippen LogP contribution < -0.4 is 9.79 Å². The highest BCUT2D eigenvalue weighted by atomic mass is 31.2. The van der Waals surface area contributed by atoms with Crippen LogP contribution in [-0.2, 0) is 9.30 Å². The van der Waals surface area contributed by atoms with E-state index in [0.29, 0.717) is 0 Å². The number of hydrogen-bond donors (Lipinski definition) is 3. The highest BCUT2D eigenvalue weighted by molar-refractivity contribution is 7.49. The van der Waals surface area contributed by atoms with Crippen molar-refractivity contribution in [3.8, 4) is 0 Å². The molecule has 1 heterocycles. The van der Waals surface area contributed by atoms with Gasteiger partial charge < -0.3 is 34.4 Å². The number of hydrogen-bond acceptors (Lipinski definition) is 7. The van der Waals surface area contributed by atoms with Crippen LogP contribution >= 0.6 is 7.60 Å². The summed E-state index contributed by atoms with van der Waals surface area (Å²) in [6, 6.07) is 0. The normalized spacial score (nSPS) is 32.1. The van der Waals surface area contributed by atoms with Crippen molar-refractivity contribution in [1.29, 1.82) is 0 Å². The van der Waals surface area contributed by atoms with Crippen LogP contribution in [0.15, 0.2) is 11.8 Å². The lowest BCUT2D eigenvalue weighted by molar-refractivity contribution is -0.313. The van der Waals surface area contributed by atoms with E-state index in [0.717, 1.165) is 6.08 Å². The molecule has 1 rings (SSSR count). The van der Waals surface area contributed by atoms with Crippen molar-refractivity contribution in [2.45, 2.75) is 18.3 Å². The van der Waals surface area contributed by atoms with E-state index < -0.39 is 38.7 Å². The van der Waals surface area contributed by atoms with Crippen LogP contribution in [0.4, 0.5) is 0 Å². The zero-order valence-corrected chi connectivity index (χ0v) is 8.54. The van der Waals surface area contributed by atoms with E-state index in [1.54, 1.807) is 0 Å². The predicted octanol–water partition coefficient (Wildman–Crippen LogP) is -3.10. The van der Waals surface area contributed by atoms with E-state index in [2.05, 4.69) is 0 Å². The molecule has 0 aromatic rings. The lowest BCUT2D eigenvalue weighted by Gasteiger charge is -2.36. The Balaban J connectivity index is 2.75. The molecular formula is C7H11O7P-2. The van der Waals surface area contributed by atoms with Crippen molar-refractivity contribution >= 4 is 7.60 Å². The fraction of sp³-hybridized carbons (Fsp3) is 0.714. The average Bonchev–Trinajstić information content (AvgIpc) is 2.08. The van der Waals surface area contributed by atoms with E-state index in [9.17, 15) is 24.6 Å². The summed E-state index contributed by atoms with van der Waals surface area (Å²) >= 11 is 0. The summed E-state index contributed by atoms with van der Waals surface area (Å²) in [4.78, 5) is 20.9. The Bertz CT molecular complexity index is 296. The van der Waals surface area contributed by atoms with Gasteiger partial charge in [-0.1, -0.05) is 7.60 Å². The van der Waals surface area contributed by atoms with E-state index in [-0.39, 0.29) is 5.76 Å². The van der Waals surface area contributed by atoms with Crippen molar-refractivity contribution in [2.75, 3.05) is 12.8 Å². The summed E-state index contributed by atoms with van der Waals surface area (Å²) in [5.74, 6) is -0.250. The molecule has 0 bridgehead atoms. The van der Waals surface area contributed by atoms with E-state index in [1.165, 1.54) is 0 Å². The van der Waals surface area contributed by atoms with Crippen molar-refractivity contribution < 1.29 is 34.4 Å². The van der Waals surface area contributed by atoms with Gasteiger partial charge in [0.2, 0.25) is 0 Å². The maximum atomic E-state index is 10.4. The molecule has 1 aliphatic rings. The first-order chi connectivity index (χ1) is 6.83. The molecule has 1 unspecified atom stereocenters. The van der Waals surface area contributed by atoms with Gasteiger partial charge in [0.1, 0.15) is 24.1 Å². The molecule has 0 aliphatic carbocycles. The lowest BCUT2D eigenvalue weighted by atomic mass is 10.1. The molecular weight excluding hydrogens is 227 g/mol. The Morgan fingerprint density at radius 2 is 2.07 bits per heavy atom. The lowest BCUT2D eigenvalue weighted by Crippen LogP contribution is -2.44. The first-order valence-corrected chi connectivity index (χ1v) is 5.91. The number of aliphatic hydroxyl groups excluding tert-OH is 3. The quantitative estimate of drug-likeness (QED) is 0.443. The molecule has 0 spiro atoms. The molecule has 0 saturated heterocycles. The van der Waals surface area contributed by atoms with Crippen molar-refractivity contribution in [3.63, 3.8) is 0 Å². The summed E-state index contributed by atoms with van der Waals surface area (Å²) in [6.07, 6.45) is -3.74. The number of rotatable bonds is 3. The second kappa shape index (κ2) is 4.61. The van der Waals surface area contributed by atoms with Gasteiger partial charge in [0.25, 0.3) is 0 Å². The van der Waals surface area contributed by atoms with Crippen molar-refractivity contribution in [1.82, 2.24) is 0 Å². The molecule has 8 heteroatoms. The molecule has 88 valence electrons. The minimum absolute atomic E-state index is 0.250. The highest BCUT2D eigenvalue weighted by Gasteiger charge is 2.31. The molecule has 0 saturated carbocycles. The SMILES string of the molecule is O=P([O-])([O-])CC1=C[C@@H](O)[C@@H](O)C(CO)O1. The first kappa shape index (κ1) is 12.6. The molecule has 3 atom stereocenters. The smallest absolute Gasteiger partial charge is 0.150 e. The summed E-state index contributed by atoms with van der Waals surface area (Å²) in [7, 11) is -4.79. The molecule has 3 N–H and O–H groups in total. The molecule has 0 fully saturated rings. The largest absolute Gasteiger partial charge is 0.810 e. The first-order valence-electron chi connectivity index (χ1n) is 4.19. The predicted molar refractivity (Wildman–Crippen MR) is 44.5 cm³/mol. The van der Waals surface area contributed by atoms with Gasteiger partial charge in [-0.15, -0.1) is 0 Å². The van der Waals surface area contributed by atoms with Crippen LogP contribution in [-0.4, -0.2) is 46.4 Å². The Morgan fingerprint density at radius 1 is 1.47 bits per heavy atom. The van der Waals surface area contributed by atoms with Crippen LogP contribution in [0.1, 0.15) is 0 Å². The molecule has 7 nitrogen and oxygen atoms in total. The van der Waals surface area contributed by atoms with E-state index in [4.69, 9.17) is 9.84 Å². The van der Waals surface area contributed by atoms with Crippen molar-refractivity contribution in [2.24, 2.45) is 0 Å². The summed E-state index contributed by atoms with van der Waals surface area (Å²) in [5, 5.41) is 27.2. The van der Waals surface area contributed by atoms with Gasteiger partial charge in [-0.05, 0) is 6.08 Å². The molecule has 0 aromatic carbocycles.